The molecule has 8 atom stereocenters. The minimum absolute atomic E-state index is 0.0342. The third-order valence-corrected chi connectivity index (χ3v) is 9.58. The van der Waals surface area contributed by atoms with Gasteiger partial charge in [0.15, 0.2) is 23.4 Å². The summed E-state index contributed by atoms with van der Waals surface area (Å²) in [5.74, 6) is -1.73. The van der Waals surface area contributed by atoms with Gasteiger partial charge in [-0.1, -0.05) is 19.9 Å². The van der Waals surface area contributed by atoms with Crippen LogP contribution in [0.25, 0.3) is 0 Å². The van der Waals surface area contributed by atoms with Crippen molar-refractivity contribution >= 4 is 17.8 Å². The average Bonchev–Trinajstić information content (AvgIpc) is 3.20. The molecular formula is C31H44N2O10. The lowest BCUT2D eigenvalue weighted by Crippen LogP contribution is -2.70. The lowest BCUT2D eigenvalue weighted by atomic mass is 9.58. The number of hydrogen-bond donors (Lipinski definition) is 4. The van der Waals surface area contributed by atoms with E-state index in [9.17, 15) is 24.6 Å². The Balaban J connectivity index is 1.01. The molecule has 1 aliphatic carbocycles. The van der Waals surface area contributed by atoms with Gasteiger partial charge in [0.2, 0.25) is 23.9 Å². The molecule has 6 rings (SSSR count). The van der Waals surface area contributed by atoms with Crippen molar-refractivity contribution in [3.63, 3.8) is 0 Å². The Bertz CT molecular complexity index is 1200. The van der Waals surface area contributed by atoms with Gasteiger partial charge >= 0.3 is 5.97 Å². The van der Waals surface area contributed by atoms with Crippen molar-refractivity contribution in [2.24, 2.45) is 23.7 Å². The number of phenols is 2. The van der Waals surface area contributed by atoms with Crippen LogP contribution in [0.3, 0.4) is 0 Å². The van der Waals surface area contributed by atoms with E-state index in [0.29, 0.717) is 38.3 Å². The van der Waals surface area contributed by atoms with Crippen LogP contribution in [0.15, 0.2) is 18.2 Å². The quantitative estimate of drug-likeness (QED) is 0.128. The first-order chi connectivity index (χ1) is 20.5. The second-order valence-corrected chi connectivity index (χ2v) is 12.6. The number of aromatic hydroxyl groups is 2. The summed E-state index contributed by atoms with van der Waals surface area (Å²) in [5, 5.41) is 24.4. The zero-order valence-electron chi connectivity index (χ0n) is 25.1. The molecule has 238 valence electrons. The Morgan fingerprint density at radius 1 is 0.953 bits per heavy atom. The van der Waals surface area contributed by atoms with Crippen LogP contribution in [0.5, 0.6) is 11.5 Å². The Morgan fingerprint density at radius 2 is 1.72 bits per heavy atom. The van der Waals surface area contributed by atoms with E-state index in [1.54, 1.807) is 6.07 Å². The molecule has 1 aromatic rings. The Hall–Kier alpha value is -2.93. The van der Waals surface area contributed by atoms with Crippen LogP contribution in [-0.4, -0.2) is 65.1 Å². The van der Waals surface area contributed by atoms with Crippen LogP contribution in [0.2, 0.25) is 0 Å². The standard InChI is InChI=1S/C31H44N2O10/c1-18-6-8-22-19(2)28(40-29-31(22)21(18)12-14-30(3,41-29)42-43-31)39-27(38)11-10-26(37)32-15-4-5-25(36)33-16-13-20-7-9-23(34)24(35)17-20/h7,9,17-19,21-22,28-29,34-35H,4-6,8,10-16H2,1-3H3,(H,32,37)(H,33,36)/t18-,19+,21+,22+,28-,29+,30+,31-/m1/s1. The molecule has 5 aliphatic rings. The number of benzene rings is 1. The minimum Gasteiger partial charge on any atom is -0.504 e. The molecule has 4 N–H and O–H groups in total. The van der Waals surface area contributed by atoms with Gasteiger partial charge in [0, 0.05) is 44.2 Å². The fourth-order valence-electron chi connectivity index (χ4n) is 7.14. The van der Waals surface area contributed by atoms with E-state index < -0.39 is 29.9 Å². The van der Waals surface area contributed by atoms with Crippen LogP contribution >= 0.6 is 0 Å². The van der Waals surface area contributed by atoms with Crippen molar-refractivity contribution < 1.29 is 48.6 Å². The molecule has 43 heavy (non-hydrogen) atoms. The molecule has 5 fully saturated rings. The largest absolute Gasteiger partial charge is 0.504 e. The summed E-state index contributed by atoms with van der Waals surface area (Å²) >= 11 is 0. The topological polar surface area (TPSA) is 162 Å². The Morgan fingerprint density at radius 3 is 2.51 bits per heavy atom. The molecule has 1 saturated carbocycles. The molecule has 2 bridgehead atoms. The number of fused-ring (bicyclic) bond motifs is 2. The molecular weight excluding hydrogens is 560 g/mol. The lowest BCUT2D eigenvalue weighted by Gasteiger charge is -2.59. The van der Waals surface area contributed by atoms with Crippen LogP contribution in [0.4, 0.5) is 0 Å². The van der Waals surface area contributed by atoms with Gasteiger partial charge in [0.25, 0.3) is 0 Å². The van der Waals surface area contributed by atoms with E-state index in [0.717, 1.165) is 24.8 Å². The molecule has 0 radical (unpaired) electrons. The molecule has 4 saturated heterocycles. The van der Waals surface area contributed by atoms with E-state index in [1.807, 2.05) is 13.8 Å². The number of ether oxygens (including phenoxy) is 3. The van der Waals surface area contributed by atoms with E-state index in [1.165, 1.54) is 12.1 Å². The summed E-state index contributed by atoms with van der Waals surface area (Å²) in [5.41, 5.74) is 0.0543. The van der Waals surface area contributed by atoms with Crippen molar-refractivity contribution in [1.29, 1.82) is 0 Å². The maximum absolute atomic E-state index is 12.7. The van der Waals surface area contributed by atoms with E-state index >= 15 is 0 Å². The molecule has 1 spiro atoms. The highest BCUT2D eigenvalue weighted by molar-refractivity contribution is 5.81. The second-order valence-electron chi connectivity index (χ2n) is 12.6. The maximum atomic E-state index is 12.7. The third-order valence-electron chi connectivity index (χ3n) is 9.58. The molecule has 4 aliphatic heterocycles. The first-order valence-electron chi connectivity index (χ1n) is 15.4. The van der Waals surface area contributed by atoms with Gasteiger partial charge in [-0.05, 0) is 68.6 Å². The molecule has 12 nitrogen and oxygen atoms in total. The summed E-state index contributed by atoms with van der Waals surface area (Å²) in [6.45, 7) is 6.78. The van der Waals surface area contributed by atoms with Gasteiger partial charge in [-0.2, -0.15) is 0 Å². The molecule has 4 heterocycles. The van der Waals surface area contributed by atoms with Crippen molar-refractivity contribution in [3.05, 3.63) is 23.8 Å². The maximum Gasteiger partial charge on any atom is 0.308 e. The van der Waals surface area contributed by atoms with Crippen molar-refractivity contribution in [2.45, 2.75) is 103 Å². The Kier molecular flexibility index (Phi) is 9.50. The predicted molar refractivity (Wildman–Crippen MR) is 151 cm³/mol. The third kappa shape index (κ3) is 6.77. The van der Waals surface area contributed by atoms with Gasteiger partial charge in [0.05, 0.1) is 6.42 Å². The number of phenolic OH excluding ortho intramolecular Hbond substituents is 2. The lowest BCUT2D eigenvalue weighted by molar-refractivity contribution is -0.576. The summed E-state index contributed by atoms with van der Waals surface area (Å²) in [4.78, 5) is 49.0. The summed E-state index contributed by atoms with van der Waals surface area (Å²) in [6.07, 6.45) is 3.09. The normalized spacial score (nSPS) is 34.5. The smallest absolute Gasteiger partial charge is 0.308 e. The average molecular weight is 605 g/mol. The first-order valence-corrected chi connectivity index (χ1v) is 15.4. The monoisotopic (exact) mass is 604 g/mol. The molecule has 0 unspecified atom stereocenters. The number of nitrogens with one attached hydrogen (secondary N) is 2. The highest BCUT2D eigenvalue weighted by Gasteiger charge is 2.69. The number of amides is 2. The van der Waals surface area contributed by atoms with Crippen molar-refractivity contribution in [1.82, 2.24) is 10.6 Å². The molecule has 0 aromatic heterocycles. The van der Waals surface area contributed by atoms with E-state index in [-0.39, 0.29) is 60.3 Å². The molecule has 1 aromatic carbocycles. The fourth-order valence-corrected chi connectivity index (χ4v) is 7.14. The predicted octanol–water partition coefficient (Wildman–Crippen LogP) is 3.18. The number of hydrogen-bond acceptors (Lipinski definition) is 10. The van der Waals surface area contributed by atoms with Gasteiger partial charge in [-0.15, -0.1) is 0 Å². The van der Waals surface area contributed by atoms with Crippen molar-refractivity contribution in [2.75, 3.05) is 13.1 Å². The summed E-state index contributed by atoms with van der Waals surface area (Å²) < 4.78 is 18.3. The highest BCUT2D eigenvalue weighted by Crippen LogP contribution is 2.60. The van der Waals surface area contributed by atoms with Crippen molar-refractivity contribution in [3.8, 4) is 11.5 Å². The highest BCUT2D eigenvalue weighted by atomic mass is 17.3. The van der Waals surface area contributed by atoms with Gasteiger partial charge < -0.3 is 35.1 Å². The van der Waals surface area contributed by atoms with Gasteiger partial charge in [0.1, 0.15) is 0 Å². The summed E-state index contributed by atoms with van der Waals surface area (Å²) in [6, 6.07) is 4.53. The fraction of sp³-hybridized carbons (Fsp3) is 0.710. The van der Waals surface area contributed by atoms with Crippen LogP contribution in [-0.2, 0) is 44.8 Å². The van der Waals surface area contributed by atoms with E-state index in [2.05, 4.69) is 17.6 Å². The zero-order chi connectivity index (χ0) is 30.8. The number of carbonyl (C=O) groups is 3. The molecule has 12 heteroatoms. The summed E-state index contributed by atoms with van der Waals surface area (Å²) in [7, 11) is 0. The number of esters is 1. The second kappa shape index (κ2) is 13.0. The van der Waals surface area contributed by atoms with Gasteiger partial charge in [-0.25, -0.2) is 9.78 Å². The Labute approximate surface area is 251 Å². The minimum atomic E-state index is -0.913. The molecule has 2 amide bonds. The van der Waals surface area contributed by atoms with Crippen LogP contribution in [0.1, 0.15) is 77.7 Å². The van der Waals surface area contributed by atoms with Crippen LogP contribution in [0, 0.1) is 23.7 Å². The van der Waals surface area contributed by atoms with Crippen LogP contribution < -0.4 is 10.6 Å². The number of carbonyl (C=O) groups excluding carboxylic acids is 3. The van der Waals surface area contributed by atoms with E-state index in [4.69, 9.17) is 24.0 Å². The SMILES string of the molecule is C[C@@H]1[C@H](OC(=O)CCC(=O)NCCCC(=O)NCCc2ccc(O)c(O)c2)O[C@H]2O[C@]3(C)CC[C@H]4[C@H](C)CC[C@@H]1[C@@]24OO3. The van der Waals surface area contributed by atoms with Gasteiger partial charge in [-0.3, -0.25) is 14.4 Å². The number of rotatable bonds is 11. The first kappa shape index (κ1) is 31.5. The zero-order valence-corrected chi connectivity index (χ0v) is 25.1.